The molecule has 0 spiro atoms. The van der Waals surface area contributed by atoms with E-state index < -0.39 is 0 Å². The summed E-state index contributed by atoms with van der Waals surface area (Å²) >= 11 is 2.49. The second-order valence-electron chi connectivity index (χ2n) is 4.21. The first kappa shape index (κ1) is 9.46. The average molecular weight is 310 g/mol. The fourth-order valence-electron chi connectivity index (χ4n) is 2.04. The maximum absolute atomic E-state index is 5.79. The molecule has 0 saturated carbocycles. The summed E-state index contributed by atoms with van der Waals surface area (Å²) in [5.41, 5.74) is 2.02. The van der Waals surface area contributed by atoms with E-state index in [1.54, 1.807) is 0 Å². The van der Waals surface area contributed by atoms with E-state index >= 15 is 0 Å². The molecule has 0 amide bonds. The minimum Gasteiger partial charge on any atom is -0.456 e. The zero-order chi connectivity index (χ0) is 10.5. The first-order chi connectivity index (χ1) is 7.16. The van der Waals surface area contributed by atoms with Gasteiger partial charge in [-0.25, -0.2) is 0 Å². The Hall–Kier alpha value is -0.770. The van der Waals surface area contributed by atoms with Crippen molar-refractivity contribution in [2.75, 3.05) is 0 Å². The van der Waals surface area contributed by atoms with Crippen molar-refractivity contribution in [3.8, 4) is 0 Å². The number of halogens is 1. The monoisotopic (exact) mass is 310 g/mol. The molecule has 1 heterocycles. The number of furan rings is 1. The maximum Gasteiger partial charge on any atom is 0.135 e. The molecular formula is C13H11IO. The predicted molar refractivity (Wildman–Crippen MR) is 71.4 cm³/mol. The second-order valence-corrected chi connectivity index (χ2v) is 6.67. The Morgan fingerprint density at radius 1 is 1.33 bits per heavy atom. The van der Waals surface area contributed by atoms with Crippen LogP contribution >= 0.6 is 22.6 Å². The lowest BCUT2D eigenvalue weighted by Crippen LogP contribution is -2.30. The van der Waals surface area contributed by atoms with Gasteiger partial charge in [0.1, 0.15) is 11.0 Å². The van der Waals surface area contributed by atoms with Crippen LogP contribution in [0.15, 0.2) is 28.7 Å². The Bertz CT molecular complexity index is 634. The normalized spacial score (nSPS) is 24.4. The highest BCUT2D eigenvalue weighted by Gasteiger charge is 2.19. The van der Waals surface area contributed by atoms with Crippen molar-refractivity contribution in [1.29, 1.82) is 0 Å². The first-order valence-electron chi connectivity index (χ1n) is 5.05. The van der Waals surface area contributed by atoms with Crippen LogP contribution in [0.4, 0.5) is 0 Å². The molecule has 1 aliphatic rings. The van der Waals surface area contributed by atoms with Crippen LogP contribution in [0, 0.1) is 0 Å². The van der Waals surface area contributed by atoms with Crippen molar-refractivity contribution < 1.29 is 4.42 Å². The largest absolute Gasteiger partial charge is 0.456 e. The standard InChI is InChI=1S/C13H11IO/c1-13(14)7-6-12-10(8-13)9-4-2-3-5-11(9)15-12/h2-6,8H,7H2,1H3/t13-/m1/s1. The van der Waals surface area contributed by atoms with E-state index in [4.69, 9.17) is 4.42 Å². The van der Waals surface area contributed by atoms with Crippen molar-refractivity contribution in [3.05, 3.63) is 34.9 Å². The van der Waals surface area contributed by atoms with E-state index in [1.807, 2.05) is 12.1 Å². The lowest BCUT2D eigenvalue weighted by atomic mass is 10.0. The third kappa shape index (κ3) is 1.51. The SMILES string of the molecule is C[C@]1(I)C=c2c(oc3ccccc23)=CC1. The fourth-order valence-corrected chi connectivity index (χ4v) is 2.57. The number of alkyl halides is 1. The molecule has 1 aromatic heterocycles. The number of benzene rings is 1. The number of hydrogen-bond acceptors (Lipinski definition) is 1. The molecule has 0 fully saturated rings. The number of hydrogen-bond donors (Lipinski definition) is 0. The lowest BCUT2D eigenvalue weighted by molar-refractivity contribution is 0.570. The van der Waals surface area contributed by atoms with Crippen LogP contribution in [0.1, 0.15) is 13.3 Å². The van der Waals surface area contributed by atoms with Gasteiger partial charge in [-0.2, -0.15) is 0 Å². The molecule has 0 aliphatic heterocycles. The average Bonchev–Trinajstić information content (AvgIpc) is 2.55. The van der Waals surface area contributed by atoms with Crippen LogP contribution in [0.3, 0.4) is 0 Å². The van der Waals surface area contributed by atoms with E-state index in [2.05, 4.69) is 53.8 Å². The Kier molecular flexibility index (Phi) is 1.96. The van der Waals surface area contributed by atoms with Gasteiger partial charge in [-0.3, -0.25) is 0 Å². The van der Waals surface area contributed by atoms with Crippen molar-refractivity contribution >= 4 is 45.7 Å². The molecular weight excluding hydrogens is 299 g/mol. The van der Waals surface area contributed by atoms with Crippen molar-refractivity contribution in [1.82, 2.24) is 0 Å². The van der Waals surface area contributed by atoms with Gasteiger partial charge in [0.15, 0.2) is 0 Å². The van der Waals surface area contributed by atoms with Gasteiger partial charge in [-0.1, -0.05) is 46.9 Å². The van der Waals surface area contributed by atoms with E-state index in [1.165, 1.54) is 10.6 Å². The van der Waals surface area contributed by atoms with Gasteiger partial charge in [0.25, 0.3) is 0 Å². The van der Waals surface area contributed by atoms with Crippen LogP contribution in [0.2, 0.25) is 0 Å². The number of para-hydroxylation sites is 1. The Morgan fingerprint density at radius 3 is 3.00 bits per heavy atom. The highest BCUT2D eigenvalue weighted by Crippen LogP contribution is 2.26. The third-order valence-electron chi connectivity index (χ3n) is 2.79. The Labute approximate surface area is 102 Å². The third-order valence-corrected chi connectivity index (χ3v) is 3.55. The second kappa shape index (κ2) is 3.11. The summed E-state index contributed by atoms with van der Waals surface area (Å²) in [4.78, 5) is 0. The van der Waals surface area contributed by atoms with Gasteiger partial charge in [-0.15, -0.1) is 0 Å². The van der Waals surface area contributed by atoms with Crippen molar-refractivity contribution in [2.45, 2.75) is 16.8 Å². The molecule has 3 rings (SSSR count). The van der Waals surface area contributed by atoms with Crippen molar-refractivity contribution in [3.63, 3.8) is 0 Å². The van der Waals surface area contributed by atoms with E-state index in [-0.39, 0.29) is 3.42 Å². The summed E-state index contributed by atoms with van der Waals surface area (Å²) in [6.07, 6.45) is 5.55. The minimum atomic E-state index is 0.220. The summed E-state index contributed by atoms with van der Waals surface area (Å²) in [7, 11) is 0. The molecule has 2 aromatic rings. The highest BCUT2D eigenvalue weighted by atomic mass is 127. The Morgan fingerprint density at radius 2 is 2.13 bits per heavy atom. The quantitative estimate of drug-likeness (QED) is 0.538. The molecule has 0 bridgehead atoms. The van der Waals surface area contributed by atoms with Crippen LogP contribution in [-0.4, -0.2) is 3.42 Å². The summed E-state index contributed by atoms with van der Waals surface area (Å²) in [6.45, 7) is 2.24. The summed E-state index contributed by atoms with van der Waals surface area (Å²) in [5, 5.41) is 2.49. The number of fused-ring (bicyclic) bond motifs is 3. The molecule has 1 aliphatic carbocycles. The van der Waals surface area contributed by atoms with Gasteiger partial charge in [0, 0.05) is 14.0 Å². The van der Waals surface area contributed by atoms with Crippen molar-refractivity contribution in [2.24, 2.45) is 0 Å². The zero-order valence-electron chi connectivity index (χ0n) is 8.46. The first-order valence-corrected chi connectivity index (χ1v) is 6.13. The highest BCUT2D eigenvalue weighted by molar-refractivity contribution is 14.1. The topological polar surface area (TPSA) is 13.1 Å². The van der Waals surface area contributed by atoms with E-state index in [0.29, 0.717) is 0 Å². The molecule has 76 valence electrons. The van der Waals surface area contributed by atoms with Gasteiger partial charge in [-0.05, 0) is 25.5 Å². The van der Waals surface area contributed by atoms with Gasteiger partial charge < -0.3 is 4.42 Å². The molecule has 1 atom stereocenters. The molecule has 0 radical (unpaired) electrons. The molecule has 0 N–H and O–H groups in total. The molecule has 1 aromatic carbocycles. The van der Waals surface area contributed by atoms with Gasteiger partial charge in [0.05, 0.1) is 0 Å². The predicted octanol–water partition coefficient (Wildman–Crippen LogP) is 2.59. The fraction of sp³-hybridized carbons (Fsp3) is 0.231. The van der Waals surface area contributed by atoms with E-state index in [9.17, 15) is 0 Å². The summed E-state index contributed by atoms with van der Waals surface area (Å²) in [5.74, 6) is 0. The summed E-state index contributed by atoms with van der Waals surface area (Å²) in [6, 6.07) is 8.23. The molecule has 0 saturated heterocycles. The summed E-state index contributed by atoms with van der Waals surface area (Å²) < 4.78 is 6.01. The van der Waals surface area contributed by atoms with Crippen LogP contribution in [0.25, 0.3) is 23.1 Å². The van der Waals surface area contributed by atoms with Crippen LogP contribution in [0.5, 0.6) is 0 Å². The van der Waals surface area contributed by atoms with Crippen LogP contribution in [-0.2, 0) is 0 Å². The Balaban J connectivity index is 2.51. The van der Waals surface area contributed by atoms with Gasteiger partial charge >= 0.3 is 0 Å². The van der Waals surface area contributed by atoms with Crippen LogP contribution < -0.4 is 10.6 Å². The van der Waals surface area contributed by atoms with E-state index in [0.717, 1.165) is 17.4 Å². The maximum atomic E-state index is 5.79. The lowest BCUT2D eigenvalue weighted by Gasteiger charge is -2.16. The van der Waals surface area contributed by atoms with Gasteiger partial charge in [0.2, 0.25) is 0 Å². The zero-order valence-corrected chi connectivity index (χ0v) is 10.6. The molecule has 1 nitrogen and oxygen atoms in total. The minimum absolute atomic E-state index is 0.220. The molecule has 0 unspecified atom stereocenters. The molecule has 2 heteroatoms. The number of rotatable bonds is 0. The smallest absolute Gasteiger partial charge is 0.135 e. The molecule has 15 heavy (non-hydrogen) atoms.